The Balaban J connectivity index is 1.88. The van der Waals surface area contributed by atoms with Gasteiger partial charge in [-0.15, -0.1) is 0 Å². The van der Waals surface area contributed by atoms with Gasteiger partial charge in [0.1, 0.15) is 39.6 Å². The zero-order chi connectivity index (χ0) is 31.9. The summed E-state index contributed by atoms with van der Waals surface area (Å²) in [6.45, 7) is 1.63. The monoisotopic (exact) mass is 620 g/mol. The van der Waals surface area contributed by atoms with E-state index < -0.39 is 20.0 Å². The molecule has 0 aliphatic rings. The van der Waals surface area contributed by atoms with Gasteiger partial charge in [-0.2, -0.15) is 0 Å². The molecule has 0 bridgehead atoms. The maximum absolute atomic E-state index is 14.7. The van der Waals surface area contributed by atoms with Crippen LogP contribution in [0, 0.1) is 6.92 Å². The van der Waals surface area contributed by atoms with E-state index in [1.165, 1.54) is 21.3 Å². The third kappa shape index (κ3) is 6.28. The van der Waals surface area contributed by atoms with Gasteiger partial charge in [0, 0.05) is 17.7 Å². The lowest BCUT2D eigenvalue weighted by Crippen LogP contribution is -2.20. The molecule has 0 radical (unpaired) electrons. The van der Waals surface area contributed by atoms with Gasteiger partial charge in [0.15, 0.2) is 25.7 Å². The molecule has 0 aliphatic carbocycles. The topological polar surface area (TPSA) is 97.4 Å². The number of hydrogen-bond donors (Lipinski definition) is 0. The molecule has 0 aliphatic heterocycles. The lowest BCUT2D eigenvalue weighted by molar-refractivity contribution is 0.103. The quantitative estimate of drug-likeness (QED) is 0.102. The van der Waals surface area contributed by atoms with Gasteiger partial charge in [-0.25, -0.2) is 0 Å². The van der Waals surface area contributed by atoms with E-state index in [0.29, 0.717) is 22.8 Å². The molecule has 5 rings (SSSR count). The highest BCUT2D eigenvalue weighted by atomic mass is 31.1. The van der Waals surface area contributed by atoms with Crippen LogP contribution in [0.3, 0.4) is 0 Å². The van der Waals surface area contributed by atoms with E-state index in [2.05, 4.69) is 0 Å². The van der Waals surface area contributed by atoms with Crippen molar-refractivity contribution in [2.24, 2.45) is 0 Å². The van der Waals surface area contributed by atoms with Crippen LogP contribution in [0.2, 0.25) is 0 Å². The van der Waals surface area contributed by atoms with E-state index in [4.69, 9.17) is 23.7 Å². The lowest BCUT2D eigenvalue weighted by atomic mass is 9.89. The van der Waals surface area contributed by atoms with Crippen LogP contribution in [0.5, 0.6) is 40.2 Å². The maximum atomic E-state index is 14.7. The first-order valence-corrected chi connectivity index (χ1v) is 14.7. The molecule has 0 spiro atoms. The van der Waals surface area contributed by atoms with Gasteiger partial charge in [-0.05, 0) is 36.8 Å². The van der Waals surface area contributed by atoms with Crippen LogP contribution >= 0.6 is 8.46 Å². The van der Waals surface area contributed by atoms with E-state index in [9.17, 15) is 14.2 Å². The first kappa shape index (κ1) is 31.0. The van der Waals surface area contributed by atoms with Crippen molar-refractivity contribution in [3.05, 3.63) is 131 Å². The van der Waals surface area contributed by atoms with Crippen molar-refractivity contribution in [1.82, 2.24) is 0 Å². The summed E-state index contributed by atoms with van der Waals surface area (Å²) >= 11 is 0. The van der Waals surface area contributed by atoms with Crippen molar-refractivity contribution in [1.29, 1.82) is 0 Å². The third-order valence-corrected chi connectivity index (χ3v) is 7.67. The Bertz CT molecular complexity index is 1830. The first-order chi connectivity index (χ1) is 21.9. The fourth-order valence-corrected chi connectivity index (χ4v) is 5.42. The van der Waals surface area contributed by atoms with E-state index in [1.54, 1.807) is 97.9 Å². The molecule has 5 aromatic rings. The average molecular weight is 621 g/mol. The Morgan fingerprint density at radius 1 is 0.556 bits per heavy atom. The van der Waals surface area contributed by atoms with Crippen molar-refractivity contribution in [3.8, 4) is 40.2 Å². The highest BCUT2D eigenvalue weighted by Crippen LogP contribution is 2.43. The average Bonchev–Trinajstić information content (AvgIpc) is 3.08. The number of benzene rings is 5. The molecule has 45 heavy (non-hydrogen) atoms. The molecule has 0 aromatic heterocycles. The summed E-state index contributed by atoms with van der Waals surface area (Å²) in [6, 6.07) is 29.2. The third-order valence-electron chi connectivity index (χ3n) is 7.08. The minimum absolute atomic E-state index is 0.000335. The van der Waals surface area contributed by atoms with E-state index in [-0.39, 0.29) is 50.6 Å². The highest BCUT2D eigenvalue weighted by Gasteiger charge is 2.35. The molecular formula is C36H29O8P. The molecule has 0 saturated heterocycles. The number of rotatable bonds is 12. The van der Waals surface area contributed by atoms with Crippen molar-refractivity contribution in [2.45, 2.75) is 6.92 Å². The SMILES string of the molecule is COc1cc(OC)c(C(=O)c2c(C)c(C(=O)c3ccccc3)c(Oc3ccccc3)c(P=O)c2Oc2ccccc2)c(OC)c1. The van der Waals surface area contributed by atoms with Gasteiger partial charge in [0.25, 0.3) is 0 Å². The summed E-state index contributed by atoms with van der Waals surface area (Å²) in [7, 11) is 3.77. The summed E-state index contributed by atoms with van der Waals surface area (Å²) < 4.78 is 42.4. The largest absolute Gasteiger partial charge is 0.496 e. The van der Waals surface area contributed by atoms with Crippen LogP contribution in [-0.4, -0.2) is 32.9 Å². The number of para-hydroxylation sites is 2. The molecule has 8 nitrogen and oxygen atoms in total. The summed E-state index contributed by atoms with van der Waals surface area (Å²) in [5, 5.41) is -0.0256. The number of carbonyl (C=O) groups excluding carboxylic acids is 2. The molecule has 226 valence electrons. The zero-order valence-corrected chi connectivity index (χ0v) is 25.9. The molecule has 9 heteroatoms. The van der Waals surface area contributed by atoms with E-state index >= 15 is 0 Å². The second kappa shape index (κ2) is 13.9. The Morgan fingerprint density at radius 2 is 1.00 bits per heavy atom. The van der Waals surface area contributed by atoms with Gasteiger partial charge < -0.3 is 23.7 Å². The van der Waals surface area contributed by atoms with Gasteiger partial charge in [-0.3, -0.25) is 14.2 Å². The minimum Gasteiger partial charge on any atom is -0.496 e. The summed E-state index contributed by atoms with van der Waals surface area (Å²) in [6.07, 6.45) is 0. The minimum atomic E-state index is -0.590. The van der Waals surface area contributed by atoms with Crippen molar-refractivity contribution >= 4 is 25.3 Å². The van der Waals surface area contributed by atoms with Gasteiger partial charge >= 0.3 is 0 Å². The number of ether oxygens (including phenoxy) is 5. The fourth-order valence-electron chi connectivity index (χ4n) is 4.94. The number of ketones is 2. The number of methoxy groups -OCH3 is 3. The van der Waals surface area contributed by atoms with Crippen LogP contribution in [0.4, 0.5) is 0 Å². The molecule has 0 fully saturated rings. The molecule has 0 unspecified atom stereocenters. The predicted octanol–water partition coefficient (Wildman–Crippen LogP) is 7.98. The van der Waals surface area contributed by atoms with Crippen LogP contribution in [0.15, 0.2) is 103 Å². The standard InChI is InChI=1S/C36H29O8P/c1-22-29(32(37)23-14-8-5-9-15-23)34(43-24-16-10-6-11-17-24)36(45-39)35(44-25-18-12-7-13-19-25)30(22)33(38)31-27(41-3)20-26(40-2)21-28(31)42-4/h5-21H,1-4H3. The molecular weight excluding hydrogens is 591 g/mol. The smallest absolute Gasteiger partial charge is 0.204 e. The summed E-state index contributed by atoms with van der Waals surface area (Å²) in [5.74, 6) is 0.445. The molecule has 0 N–H and O–H groups in total. The number of hydrogen-bond acceptors (Lipinski definition) is 8. The second-order valence-corrected chi connectivity index (χ2v) is 10.4. The molecule has 5 aromatic carbocycles. The Hall–Kier alpha value is -5.46. The zero-order valence-electron chi connectivity index (χ0n) is 25.0. The lowest BCUT2D eigenvalue weighted by Gasteiger charge is -2.23. The molecule has 0 atom stereocenters. The van der Waals surface area contributed by atoms with E-state index in [0.717, 1.165) is 0 Å². The van der Waals surface area contributed by atoms with Crippen LogP contribution in [-0.2, 0) is 4.57 Å². The van der Waals surface area contributed by atoms with E-state index in [1.807, 2.05) is 12.1 Å². The van der Waals surface area contributed by atoms with Crippen LogP contribution in [0.1, 0.15) is 37.4 Å². The van der Waals surface area contributed by atoms with Gasteiger partial charge in [0.2, 0.25) is 5.78 Å². The molecule has 0 amide bonds. The highest BCUT2D eigenvalue weighted by molar-refractivity contribution is 7.34. The van der Waals surface area contributed by atoms with Crippen LogP contribution < -0.4 is 29.0 Å². The van der Waals surface area contributed by atoms with Gasteiger partial charge in [-0.1, -0.05) is 66.7 Å². The second-order valence-electron chi connectivity index (χ2n) is 9.73. The molecule has 0 heterocycles. The Kier molecular flexibility index (Phi) is 9.56. The van der Waals surface area contributed by atoms with Crippen LogP contribution in [0.25, 0.3) is 0 Å². The maximum Gasteiger partial charge on any atom is 0.204 e. The predicted molar refractivity (Wildman–Crippen MR) is 171 cm³/mol. The van der Waals surface area contributed by atoms with Crippen molar-refractivity contribution in [3.63, 3.8) is 0 Å². The fraction of sp³-hybridized carbons (Fsp3) is 0.111. The Labute approximate surface area is 262 Å². The van der Waals surface area contributed by atoms with Gasteiger partial charge in [0.05, 0.1) is 32.5 Å². The number of carbonyl (C=O) groups is 2. The first-order valence-electron chi connectivity index (χ1n) is 13.9. The summed E-state index contributed by atoms with van der Waals surface area (Å²) in [5.41, 5.74) is 0.697. The van der Waals surface area contributed by atoms with Crippen molar-refractivity contribution in [2.75, 3.05) is 21.3 Å². The van der Waals surface area contributed by atoms with Crippen molar-refractivity contribution < 1.29 is 37.8 Å². The summed E-state index contributed by atoms with van der Waals surface area (Å²) in [4.78, 5) is 29.0. The normalized spacial score (nSPS) is 10.7. The Morgan fingerprint density at radius 3 is 1.42 bits per heavy atom. The molecule has 0 saturated carbocycles.